The van der Waals surface area contributed by atoms with Crippen molar-refractivity contribution in [2.75, 3.05) is 0 Å². The molecular weight excluding hydrogens is 472 g/mol. The summed E-state index contributed by atoms with van der Waals surface area (Å²) in [5.74, 6) is 0. The highest BCUT2D eigenvalue weighted by molar-refractivity contribution is 7.79. The summed E-state index contributed by atoms with van der Waals surface area (Å²) in [4.78, 5) is 0.336. The smallest absolute Gasteiger partial charge is 0.0412 e. The van der Waals surface area contributed by atoms with Crippen LogP contribution in [0.5, 0.6) is 0 Å². The monoisotopic (exact) mass is 493 g/mol. The summed E-state index contributed by atoms with van der Waals surface area (Å²) in [6, 6.07) is 43.2. The lowest BCUT2D eigenvalue weighted by Crippen LogP contribution is -1.99. The maximum Gasteiger partial charge on any atom is 0.0412 e. The summed E-state index contributed by atoms with van der Waals surface area (Å²) in [6.07, 6.45) is 0. The molecule has 2 nitrogen and oxygen atoms in total. The minimum atomic E-state index is -2.44. The van der Waals surface area contributed by atoms with E-state index in [9.17, 15) is 8.76 Å². The third-order valence-corrected chi connectivity index (χ3v) is 7.94. The molecule has 0 amide bonds. The normalized spacial score (nSPS) is 12.5. The van der Waals surface area contributed by atoms with Gasteiger partial charge < -0.3 is 4.55 Å². The van der Waals surface area contributed by atoms with E-state index in [1.54, 1.807) is 0 Å². The number of rotatable bonds is 3. The van der Waals surface area contributed by atoms with Gasteiger partial charge in [-0.2, -0.15) is 0 Å². The standard InChI is InChI=1S/C34H22O2S/c35-37(36)34-32-20-29-18-27-16-25-14-8-7-13-24(25)15-26(27)17-28(29)19-30(32)21-31(22-9-3-1-4-10-22)33(34)23-11-5-2-6-12-23/h1-21H,(H,35,36)/p-1. The molecule has 176 valence electrons. The van der Waals surface area contributed by atoms with Crippen LogP contribution in [0.15, 0.2) is 132 Å². The zero-order valence-electron chi connectivity index (χ0n) is 19.8. The van der Waals surface area contributed by atoms with Gasteiger partial charge in [0.15, 0.2) is 0 Å². The van der Waals surface area contributed by atoms with Gasteiger partial charge in [0.2, 0.25) is 0 Å². The molecule has 0 heterocycles. The molecule has 0 saturated heterocycles. The lowest BCUT2D eigenvalue weighted by molar-refractivity contribution is 0.538. The Morgan fingerprint density at radius 3 is 1.49 bits per heavy atom. The SMILES string of the molecule is O=S([O-])c1c(-c2ccccc2)c(-c2ccccc2)cc2cc3cc4cc5ccccc5cc4cc3cc12. The van der Waals surface area contributed by atoms with Crippen molar-refractivity contribution in [1.29, 1.82) is 0 Å². The molecule has 0 aromatic heterocycles. The number of hydrogen-bond acceptors (Lipinski definition) is 2. The second-order valence-electron chi connectivity index (χ2n) is 9.41. The van der Waals surface area contributed by atoms with Crippen molar-refractivity contribution < 1.29 is 8.76 Å². The molecule has 0 radical (unpaired) electrons. The first-order valence-electron chi connectivity index (χ1n) is 12.2. The van der Waals surface area contributed by atoms with Crippen molar-refractivity contribution in [3.8, 4) is 22.3 Å². The van der Waals surface area contributed by atoms with Gasteiger partial charge in [0.25, 0.3) is 0 Å². The van der Waals surface area contributed by atoms with Gasteiger partial charge in [0.05, 0.1) is 0 Å². The van der Waals surface area contributed by atoms with E-state index in [0.717, 1.165) is 49.2 Å². The molecule has 3 heteroatoms. The third-order valence-electron chi connectivity index (χ3n) is 7.18. The first-order valence-corrected chi connectivity index (χ1v) is 13.3. The molecule has 7 aromatic carbocycles. The fourth-order valence-corrected chi connectivity index (χ4v) is 6.22. The Bertz CT molecular complexity index is 1990. The van der Waals surface area contributed by atoms with E-state index < -0.39 is 11.1 Å². The van der Waals surface area contributed by atoms with E-state index in [0.29, 0.717) is 4.90 Å². The minimum Gasteiger partial charge on any atom is -0.768 e. The van der Waals surface area contributed by atoms with E-state index >= 15 is 0 Å². The Balaban J connectivity index is 1.60. The highest BCUT2D eigenvalue weighted by Crippen LogP contribution is 2.42. The molecule has 7 rings (SSSR count). The Morgan fingerprint density at radius 2 is 0.919 bits per heavy atom. The van der Waals surface area contributed by atoms with Crippen molar-refractivity contribution >= 4 is 54.2 Å². The first-order chi connectivity index (χ1) is 18.2. The first kappa shape index (κ1) is 21.9. The molecule has 37 heavy (non-hydrogen) atoms. The van der Waals surface area contributed by atoms with Gasteiger partial charge in [-0.05, 0) is 113 Å². The van der Waals surface area contributed by atoms with Crippen LogP contribution in [-0.2, 0) is 11.1 Å². The minimum absolute atomic E-state index is 0.336. The second kappa shape index (κ2) is 8.67. The molecule has 1 unspecified atom stereocenters. The second-order valence-corrected chi connectivity index (χ2v) is 10.3. The van der Waals surface area contributed by atoms with Crippen LogP contribution in [0.1, 0.15) is 0 Å². The van der Waals surface area contributed by atoms with Gasteiger partial charge in [0, 0.05) is 10.5 Å². The number of benzene rings is 7. The molecule has 0 aliphatic heterocycles. The molecule has 0 aliphatic rings. The van der Waals surface area contributed by atoms with Gasteiger partial charge in [-0.3, -0.25) is 4.21 Å². The van der Waals surface area contributed by atoms with Gasteiger partial charge in [0.1, 0.15) is 0 Å². The average molecular weight is 494 g/mol. The van der Waals surface area contributed by atoms with Gasteiger partial charge in [-0.25, -0.2) is 0 Å². The van der Waals surface area contributed by atoms with Crippen molar-refractivity contribution in [2.24, 2.45) is 0 Å². The molecule has 0 spiro atoms. The Hall–Kier alpha value is -4.31. The highest BCUT2D eigenvalue weighted by atomic mass is 32.2. The van der Waals surface area contributed by atoms with Crippen LogP contribution in [0.4, 0.5) is 0 Å². The predicted octanol–water partition coefficient (Wildman–Crippen LogP) is 8.87. The molecule has 0 N–H and O–H groups in total. The lowest BCUT2D eigenvalue weighted by Gasteiger charge is -2.21. The Labute approximate surface area is 217 Å². The summed E-state index contributed by atoms with van der Waals surface area (Å²) >= 11 is -2.44. The van der Waals surface area contributed by atoms with E-state index in [-0.39, 0.29) is 0 Å². The number of fused-ring (bicyclic) bond motifs is 4. The number of hydrogen-bond donors (Lipinski definition) is 0. The van der Waals surface area contributed by atoms with E-state index in [1.807, 2.05) is 72.8 Å². The third kappa shape index (κ3) is 3.72. The summed E-state index contributed by atoms with van der Waals surface area (Å²) in [6.45, 7) is 0. The zero-order valence-corrected chi connectivity index (χ0v) is 20.7. The van der Waals surface area contributed by atoms with Crippen molar-refractivity contribution in [3.05, 3.63) is 127 Å². The predicted molar refractivity (Wildman–Crippen MR) is 155 cm³/mol. The molecular formula is C34H21O2S-. The van der Waals surface area contributed by atoms with Crippen LogP contribution in [0, 0.1) is 0 Å². The summed E-state index contributed by atoms with van der Waals surface area (Å²) < 4.78 is 25.8. The Kier molecular flexibility index (Phi) is 5.14. The van der Waals surface area contributed by atoms with Crippen LogP contribution in [0.25, 0.3) is 65.3 Å². The van der Waals surface area contributed by atoms with Gasteiger partial charge in [-0.15, -0.1) is 0 Å². The maximum atomic E-state index is 12.9. The van der Waals surface area contributed by atoms with Crippen molar-refractivity contribution in [2.45, 2.75) is 4.90 Å². The van der Waals surface area contributed by atoms with Crippen molar-refractivity contribution in [3.63, 3.8) is 0 Å². The van der Waals surface area contributed by atoms with Crippen molar-refractivity contribution in [1.82, 2.24) is 0 Å². The summed E-state index contributed by atoms with van der Waals surface area (Å²) in [7, 11) is 0. The van der Waals surface area contributed by atoms with Crippen LogP contribution >= 0.6 is 0 Å². The summed E-state index contributed by atoms with van der Waals surface area (Å²) in [5, 5.41) is 8.46. The molecule has 0 fully saturated rings. The highest BCUT2D eigenvalue weighted by Gasteiger charge is 2.18. The zero-order chi connectivity index (χ0) is 24.9. The topological polar surface area (TPSA) is 40.1 Å². The molecule has 1 atom stereocenters. The largest absolute Gasteiger partial charge is 0.768 e. The maximum absolute atomic E-state index is 12.9. The Morgan fingerprint density at radius 1 is 0.459 bits per heavy atom. The molecule has 7 aromatic rings. The van der Waals surface area contributed by atoms with Crippen LogP contribution < -0.4 is 0 Å². The quantitative estimate of drug-likeness (QED) is 0.182. The van der Waals surface area contributed by atoms with Crippen LogP contribution in [0.2, 0.25) is 0 Å². The average Bonchev–Trinajstić information content (AvgIpc) is 2.93. The fourth-order valence-electron chi connectivity index (χ4n) is 5.47. The molecule has 0 aliphatic carbocycles. The van der Waals surface area contributed by atoms with E-state index in [4.69, 9.17) is 0 Å². The lowest BCUT2D eigenvalue weighted by atomic mass is 9.90. The molecule has 0 bridgehead atoms. The van der Waals surface area contributed by atoms with Crippen LogP contribution in [0.3, 0.4) is 0 Å². The van der Waals surface area contributed by atoms with Gasteiger partial charge >= 0.3 is 0 Å². The van der Waals surface area contributed by atoms with E-state index in [2.05, 4.69) is 54.6 Å². The van der Waals surface area contributed by atoms with E-state index in [1.165, 1.54) is 16.2 Å². The summed E-state index contributed by atoms with van der Waals surface area (Å²) in [5.41, 5.74) is 3.51. The molecule has 0 saturated carbocycles. The van der Waals surface area contributed by atoms with Crippen LogP contribution in [-0.4, -0.2) is 8.76 Å². The van der Waals surface area contributed by atoms with Gasteiger partial charge in [-0.1, -0.05) is 84.9 Å². The fraction of sp³-hybridized carbons (Fsp3) is 0.